The second-order valence-electron chi connectivity index (χ2n) is 5.15. The van der Waals surface area contributed by atoms with Gasteiger partial charge in [-0.3, -0.25) is 4.90 Å². The minimum absolute atomic E-state index is 0.0733. The van der Waals surface area contributed by atoms with E-state index in [0.29, 0.717) is 17.1 Å². The Labute approximate surface area is 113 Å². The first-order chi connectivity index (χ1) is 8.57. The van der Waals surface area contributed by atoms with Gasteiger partial charge < -0.3 is 5.32 Å². The highest BCUT2D eigenvalue weighted by molar-refractivity contribution is 6.31. The Kier molecular flexibility index (Phi) is 4.25. The molecule has 1 aliphatic rings. The summed E-state index contributed by atoms with van der Waals surface area (Å²) in [5.41, 5.74) is 0.685. The maximum Gasteiger partial charge on any atom is 0.129 e. The Hall–Kier alpha value is -0.640. The van der Waals surface area contributed by atoms with Gasteiger partial charge in [0.1, 0.15) is 5.82 Å². The van der Waals surface area contributed by atoms with Crippen LogP contribution in [0.4, 0.5) is 4.39 Å². The number of nitrogens with zero attached hydrogens (tertiary/aromatic N) is 1. The van der Waals surface area contributed by atoms with Gasteiger partial charge in [-0.05, 0) is 25.5 Å². The molecule has 1 saturated heterocycles. The van der Waals surface area contributed by atoms with E-state index in [1.54, 1.807) is 12.1 Å². The van der Waals surface area contributed by atoms with Crippen LogP contribution < -0.4 is 5.32 Å². The van der Waals surface area contributed by atoms with Crippen molar-refractivity contribution in [3.8, 4) is 0 Å². The number of nitrogens with one attached hydrogen (secondary N) is 1. The fraction of sp³-hybridized carbons (Fsp3) is 0.571. The summed E-state index contributed by atoms with van der Waals surface area (Å²) in [5, 5.41) is 3.92. The van der Waals surface area contributed by atoms with Crippen LogP contribution in [0.2, 0.25) is 5.02 Å². The number of piperazine rings is 1. The third-order valence-corrected chi connectivity index (χ3v) is 4.35. The summed E-state index contributed by atoms with van der Waals surface area (Å²) in [6.45, 7) is 7.78. The number of halogens is 2. The molecule has 0 spiro atoms. The van der Waals surface area contributed by atoms with Gasteiger partial charge >= 0.3 is 0 Å². The molecule has 2 rings (SSSR count). The van der Waals surface area contributed by atoms with Gasteiger partial charge in [-0.1, -0.05) is 24.6 Å². The molecule has 18 heavy (non-hydrogen) atoms. The van der Waals surface area contributed by atoms with Crippen molar-refractivity contribution in [3.63, 3.8) is 0 Å². The molecule has 0 saturated carbocycles. The highest BCUT2D eigenvalue weighted by Gasteiger charge is 2.33. The molecule has 1 atom stereocenters. The minimum atomic E-state index is -0.209. The van der Waals surface area contributed by atoms with E-state index in [0.717, 1.165) is 26.1 Å². The number of hydrogen-bond donors (Lipinski definition) is 1. The van der Waals surface area contributed by atoms with E-state index in [1.807, 2.05) is 0 Å². The molecule has 100 valence electrons. The van der Waals surface area contributed by atoms with Crippen molar-refractivity contribution in [2.24, 2.45) is 0 Å². The largest absolute Gasteiger partial charge is 0.314 e. The molecule has 0 bridgehead atoms. The summed E-state index contributed by atoms with van der Waals surface area (Å²) in [5.74, 6) is -0.209. The van der Waals surface area contributed by atoms with E-state index >= 15 is 0 Å². The average Bonchev–Trinajstić information content (AvgIpc) is 2.36. The minimum Gasteiger partial charge on any atom is -0.314 e. The number of benzene rings is 1. The second kappa shape index (κ2) is 5.55. The van der Waals surface area contributed by atoms with Gasteiger partial charge in [-0.25, -0.2) is 4.39 Å². The summed E-state index contributed by atoms with van der Waals surface area (Å²) in [6, 6.07) is 4.89. The zero-order valence-electron chi connectivity index (χ0n) is 11.0. The molecule has 1 unspecified atom stereocenters. The van der Waals surface area contributed by atoms with Crippen LogP contribution in [-0.2, 0) is 6.54 Å². The molecule has 0 aliphatic carbocycles. The summed E-state index contributed by atoms with van der Waals surface area (Å²) >= 11 is 6.10. The molecular formula is C14H20ClFN2. The standard InChI is InChI=1S/C14H20ClFN2/c1-3-14(2)10-17-7-8-18(14)9-11-12(15)5-4-6-13(11)16/h4-6,17H,3,7-10H2,1-2H3. The van der Waals surface area contributed by atoms with Crippen molar-refractivity contribution in [2.45, 2.75) is 32.4 Å². The van der Waals surface area contributed by atoms with E-state index in [-0.39, 0.29) is 11.4 Å². The van der Waals surface area contributed by atoms with Crippen molar-refractivity contribution < 1.29 is 4.39 Å². The lowest BCUT2D eigenvalue weighted by Crippen LogP contribution is -2.58. The second-order valence-corrected chi connectivity index (χ2v) is 5.56. The van der Waals surface area contributed by atoms with Crippen LogP contribution in [0.5, 0.6) is 0 Å². The summed E-state index contributed by atoms with van der Waals surface area (Å²) in [6.07, 6.45) is 1.03. The van der Waals surface area contributed by atoms with Crippen molar-refractivity contribution in [3.05, 3.63) is 34.6 Å². The third-order valence-electron chi connectivity index (χ3n) is 4.00. The van der Waals surface area contributed by atoms with Gasteiger partial charge in [0.05, 0.1) is 0 Å². The van der Waals surface area contributed by atoms with Crippen LogP contribution >= 0.6 is 11.6 Å². The molecule has 0 amide bonds. The molecular weight excluding hydrogens is 251 g/mol. The summed E-state index contributed by atoms with van der Waals surface area (Å²) in [4.78, 5) is 2.33. The third kappa shape index (κ3) is 2.68. The van der Waals surface area contributed by atoms with Gasteiger partial charge in [-0.15, -0.1) is 0 Å². The van der Waals surface area contributed by atoms with Crippen LogP contribution in [0.15, 0.2) is 18.2 Å². The number of rotatable bonds is 3. The Morgan fingerprint density at radius 3 is 2.94 bits per heavy atom. The van der Waals surface area contributed by atoms with Crippen LogP contribution in [0.25, 0.3) is 0 Å². The van der Waals surface area contributed by atoms with Crippen LogP contribution in [-0.4, -0.2) is 30.1 Å². The maximum absolute atomic E-state index is 13.8. The Bertz CT molecular complexity index is 404. The molecule has 2 nitrogen and oxygen atoms in total. The Morgan fingerprint density at radius 2 is 2.28 bits per heavy atom. The van der Waals surface area contributed by atoms with Crippen LogP contribution in [0.3, 0.4) is 0 Å². The van der Waals surface area contributed by atoms with Gasteiger partial charge in [-0.2, -0.15) is 0 Å². The first-order valence-electron chi connectivity index (χ1n) is 6.45. The van der Waals surface area contributed by atoms with Crippen molar-refractivity contribution in [1.82, 2.24) is 10.2 Å². The van der Waals surface area contributed by atoms with Gasteiger partial charge in [0.15, 0.2) is 0 Å². The summed E-state index contributed by atoms with van der Waals surface area (Å²) < 4.78 is 13.8. The Balaban J connectivity index is 2.22. The van der Waals surface area contributed by atoms with Crippen LogP contribution in [0, 0.1) is 5.82 Å². The molecule has 1 aromatic carbocycles. The monoisotopic (exact) mass is 270 g/mol. The first-order valence-corrected chi connectivity index (χ1v) is 6.83. The van der Waals surface area contributed by atoms with Crippen molar-refractivity contribution in [1.29, 1.82) is 0 Å². The summed E-state index contributed by atoms with van der Waals surface area (Å²) in [7, 11) is 0. The predicted octanol–water partition coefficient (Wildman–Crippen LogP) is 3.05. The quantitative estimate of drug-likeness (QED) is 0.908. The predicted molar refractivity (Wildman–Crippen MR) is 73.4 cm³/mol. The normalized spacial score (nSPS) is 25.3. The van der Waals surface area contributed by atoms with E-state index in [2.05, 4.69) is 24.1 Å². The van der Waals surface area contributed by atoms with Crippen molar-refractivity contribution in [2.75, 3.05) is 19.6 Å². The van der Waals surface area contributed by atoms with Gasteiger partial charge in [0, 0.05) is 42.3 Å². The fourth-order valence-corrected chi connectivity index (χ4v) is 2.67. The first kappa shape index (κ1) is 13.8. The fourth-order valence-electron chi connectivity index (χ4n) is 2.45. The highest BCUT2D eigenvalue weighted by Crippen LogP contribution is 2.27. The van der Waals surface area contributed by atoms with Crippen LogP contribution in [0.1, 0.15) is 25.8 Å². The van der Waals surface area contributed by atoms with E-state index in [1.165, 1.54) is 6.07 Å². The molecule has 4 heteroatoms. The molecule has 1 fully saturated rings. The zero-order valence-corrected chi connectivity index (χ0v) is 11.7. The van der Waals surface area contributed by atoms with Gasteiger partial charge in [0.25, 0.3) is 0 Å². The lowest BCUT2D eigenvalue weighted by Gasteiger charge is -2.45. The SMILES string of the molecule is CCC1(C)CNCCN1Cc1c(F)cccc1Cl. The smallest absolute Gasteiger partial charge is 0.129 e. The number of hydrogen-bond acceptors (Lipinski definition) is 2. The molecule has 1 aliphatic heterocycles. The Morgan fingerprint density at radius 1 is 1.50 bits per heavy atom. The van der Waals surface area contributed by atoms with E-state index < -0.39 is 0 Å². The lowest BCUT2D eigenvalue weighted by atomic mass is 9.93. The average molecular weight is 271 g/mol. The van der Waals surface area contributed by atoms with E-state index in [4.69, 9.17) is 11.6 Å². The van der Waals surface area contributed by atoms with Gasteiger partial charge in [0.2, 0.25) is 0 Å². The highest BCUT2D eigenvalue weighted by atomic mass is 35.5. The molecule has 1 heterocycles. The lowest BCUT2D eigenvalue weighted by molar-refractivity contribution is 0.0627. The topological polar surface area (TPSA) is 15.3 Å². The maximum atomic E-state index is 13.8. The van der Waals surface area contributed by atoms with E-state index in [9.17, 15) is 4.39 Å². The molecule has 0 radical (unpaired) electrons. The zero-order chi connectivity index (χ0) is 13.2. The molecule has 1 aromatic rings. The van der Waals surface area contributed by atoms with Crippen molar-refractivity contribution >= 4 is 11.6 Å². The molecule has 0 aromatic heterocycles. The molecule has 1 N–H and O–H groups in total.